The van der Waals surface area contributed by atoms with Gasteiger partial charge in [0, 0.05) is 19.5 Å². The molecule has 1 amide bonds. The highest BCUT2D eigenvalue weighted by Crippen LogP contribution is 2.13. The molecule has 1 atom stereocenters. The number of carbonyl (C=O) groups excluding carboxylic acids is 1. The van der Waals surface area contributed by atoms with Crippen molar-refractivity contribution < 1.29 is 9.18 Å². The van der Waals surface area contributed by atoms with Crippen LogP contribution >= 0.6 is 0 Å². The van der Waals surface area contributed by atoms with E-state index < -0.39 is 0 Å². The van der Waals surface area contributed by atoms with Gasteiger partial charge in [-0.3, -0.25) is 4.79 Å². The zero-order valence-electron chi connectivity index (χ0n) is 10.3. The van der Waals surface area contributed by atoms with Crippen LogP contribution in [-0.2, 0) is 4.79 Å². The molecule has 0 unspecified atom stereocenters. The number of halogens is 1. The summed E-state index contributed by atoms with van der Waals surface area (Å²) >= 11 is 0. The first-order valence-corrected chi connectivity index (χ1v) is 5.83. The molecule has 0 heterocycles. The van der Waals surface area contributed by atoms with Gasteiger partial charge in [0.2, 0.25) is 5.91 Å². The molecule has 2 N–H and O–H groups in total. The molecular weight excluding hydrogens is 219 g/mol. The molecule has 17 heavy (non-hydrogen) atoms. The van der Waals surface area contributed by atoms with E-state index in [4.69, 9.17) is 0 Å². The van der Waals surface area contributed by atoms with Gasteiger partial charge in [0.1, 0.15) is 5.82 Å². The summed E-state index contributed by atoms with van der Waals surface area (Å²) in [7, 11) is 1.63. The van der Waals surface area contributed by atoms with Crippen molar-refractivity contribution >= 4 is 5.91 Å². The molecule has 0 fully saturated rings. The van der Waals surface area contributed by atoms with Crippen LogP contribution in [0.3, 0.4) is 0 Å². The number of rotatable bonds is 6. The number of hydrogen-bond donors (Lipinski definition) is 2. The van der Waals surface area contributed by atoms with Gasteiger partial charge in [-0.2, -0.15) is 0 Å². The number of amides is 1. The van der Waals surface area contributed by atoms with Gasteiger partial charge in [0.15, 0.2) is 0 Å². The number of nitrogens with one attached hydrogen (secondary N) is 2. The summed E-state index contributed by atoms with van der Waals surface area (Å²) in [6.45, 7) is 2.72. The molecule has 1 aromatic carbocycles. The predicted octanol–water partition coefficient (Wildman–Crippen LogP) is 2.00. The predicted molar refractivity (Wildman–Crippen MR) is 66.1 cm³/mol. The summed E-state index contributed by atoms with van der Waals surface area (Å²) in [5.41, 5.74) is 0.921. The minimum Gasteiger partial charge on any atom is -0.359 e. The smallest absolute Gasteiger partial charge is 0.219 e. The Hall–Kier alpha value is -1.42. The van der Waals surface area contributed by atoms with E-state index in [1.165, 1.54) is 12.1 Å². The monoisotopic (exact) mass is 238 g/mol. The normalized spacial score (nSPS) is 12.2. The van der Waals surface area contributed by atoms with Crippen LogP contribution in [0.2, 0.25) is 0 Å². The Morgan fingerprint density at radius 2 is 2.24 bits per heavy atom. The molecule has 3 nitrogen and oxygen atoms in total. The van der Waals surface area contributed by atoms with Crippen LogP contribution in [0, 0.1) is 5.82 Å². The molecule has 0 saturated heterocycles. The quantitative estimate of drug-likeness (QED) is 0.744. The van der Waals surface area contributed by atoms with Crippen molar-refractivity contribution in [2.45, 2.75) is 25.8 Å². The molecule has 0 bridgehead atoms. The summed E-state index contributed by atoms with van der Waals surface area (Å²) in [6.07, 6.45) is 1.29. The van der Waals surface area contributed by atoms with Gasteiger partial charge < -0.3 is 10.6 Å². The molecular formula is C13H19FN2O. The lowest BCUT2D eigenvalue weighted by molar-refractivity contribution is -0.120. The lowest BCUT2D eigenvalue weighted by Crippen LogP contribution is -2.23. The fourth-order valence-corrected chi connectivity index (χ4v) is 1.59. The average molecular weight is 238 g/mol. The Balaban J connectivity index is 2.30. The van der Waals surface area contributed by atoms with Crippen molar-refractivity contribution in [1.29, 1.82) is 0 Å². The van der Waals surface area contributed by atoms with E-state index in [1.807, 2.05) is 13.0 Å². The third-order valence-electron chi connectivity index (χ3n) is 2.66. The standard InChI is InChI=1S/C13H19FN2O/c1-10(11-5-3-6-12(14)9-11)16-8-4-7-13(17)15-2/h3,5-6,9-10,16H,4,7-8H2,1-2H3,(H,15,17)/t10-/m1/s1. The maximum Gasteiger partial charge on any atom is 0.219 e. The van der Waals surface area contributed by atoms with E-state index >= 15 is 0 Å². The van der Waals surface area contributed by atoms with Gasteiger partial charge in [-0.25, -0.2) is 4.39 Å². The van der Waals surface area contributed by atoms with Crippen LogP contribution in [0.15, 0.2) is 24.3 Å². The van der Waals surface area contributed by atoms with Crippen molar-refractivity contribution in [1.82, 2.24) is 10.6 Å². The minimum absolute atomic E-state index is 0.0465. The summed E-state index contributed by atoms with van der Waals surface area (Å²) < 4.78 is 13.0. The van der Waals surface area contributed by atoms with E-state index in [2.05, 4.69) is 10.6 Å². The first-order chi connectivity index (χ1) is 8.13. The third-order valence-corrected chi connectivity index (χ3v) is 2.66. The van der Waals surface area contributed by atoms with Crippen LogP contribution < -0.4 is 10.6 Å². The first kappa shape index (κ1) is 13.6. The highest BCUT2D eigenvalue weighted by Gasteiger charge is 2.05. The lowest BCUT2D eigenvalue weighted by Gasteiger charge is -2.14. The maximum atomic E-state index is 13.0. The van der Waals surface area contributed by atoms with E-state index in [1.54, 1.807) is 13.1 Å². The molecule has 0 spiro atoms. The molecule has 4 heteroatoms. The zero-order chi connectivity index (χ0) is 12.7. The Labute approximate surface area is 101 Å². The van der Waals surface area contributed by atoms with Crippen LogP contribution in [0.1, 0.15) is 31.4 Å². The minimum atomic E-state index is -0.221. The topological polar surface area (TPSA) is 41.1 Å². The average Bonchev–Trinajstić information content (AvgIpc) is 2.34. The highest BCUT2D eigenvalue weighted by molar-refractivity contribution is 5.75. The Bertz CT molecular complexity index is 368. The molecule has 94 valence electrons. The van der Waals surface area contributed by atoms with E-state index in [9.17, 15) is 9.18 Å². The number of benzene rings is 1. The molecule has 1 rings (SSSR count). The van der Waals surface area contributed by atoms with Crippen LogP contribution in [0.4, 0.5) is 4.39 Å². The van der Waals surface area contributed by atoms with Gasteiger partial charge >= 0.3 is 0 Å². The second-order valence-electron chi connectivity index (χ2n) is 4.01. The zero-order valence-corrected chi connectivity index (χ0v) is 10.3. The lowest BCUT2D eigenvalue weighted by atomic mass is 10.1. The molecule has 0 aliphatic heterocycles. The largest absolute Gasteiger partial charge is 0.359 e. The molecule has 1 aromatic rings. The molecule has 0 radical (unpaired) electrons. The van der Waals surface area contributed by atoms with E-state index in [0.717, 1.165) is 18.5 Å². The summed E-state index contributed by atoms with van der Waals surface area (Å²) in [5, 5.41) is 5.83. The van der Waals surface area contributed by atoms with E-state index in [-0.39, 0.29) is 17.8 Å². The van der Waals surface area contributed by atoms with E-state index in [0.29, 0.717) is 6.42 Å². The van der Waals surface area contributed by atoms with Crippen molar-refractivity contribution in [3.05, 3.63) is 35.6 Å². The third kappa shape index (κ3) is 4.95. The first-order valence-electron chi connectivity index (χ1n) is 5.83. The van der Waals surface area contributed by atoms with Crippen LogP contribution in [0.25, 0.3) is 0 Å². The number of hydrogen-bond acceptors (Lipinski definition) is 2. The van der Waals surface area contributed by atoms with Crippen molar-refractivity contribution in [3.63, 3.8) is 0 Å². The Morgan fingerprint density at radius 1 is 1.47 bits per heavy atom. The summed E-state index contributed by atoms with van der Waals surface area (Å²) in [6, 6.07) is 6.64. The van der Waals surface area contributed by atoms with Crippen molar-refractivity contribution in [2.24, 2.45) is 0 Å². The summed E-state index contributed by atoms with van der Waals surface area (Å²) in [5.74, 6) is -0.174. The van der Waals surface area contributed by atoms with Gasteiger partial charge in [-0.15, -0.1) is 0 Å². The second-order valence-corrected chi connectivity index (χ2v) is 4.01. The molecule has 0 aromatic heterocycles. The molecule has 0 saturated carbocycles. The second kappa shape index (κ2) is 7.01. The Morgan fingerprint density at radius 3 is 2.88 bits per heavy atom. The maximum absolute atomic E-state index is 13.0. The molecule has 0 aliphatic rings. The van der Waals surface area contributed by atoms with Crippen LogP contribution in [0.5, 0.6) is 0 Å². The van der Waals surface area contributed by atoms with Crippen molar-refractivity contribution in [2.75, 3.05) is 13.6 Å². The fraction of sp³-hybridized carbons (Fsp3) is 0.462. The SMILES string of the molecule is CNC(=O)CCCN[C@H](C)c1cccc(F)c1. The van der Waals surface area contributed by atoms with Gasteiger partial charge in [-0.05, 0) is 37.6 Å². The van der Waals surface area contributed by atoms with Crippen LogP contribution in [-0.4, -0.2) is 19.5 Å². The summed E-state index contributed by atoms with van der Waals surface area (Å²) in [4.78, 5) is 11.0. The fourth-order valence-electron chi connectivity index (χ4n) is 1.59. The number of carbonyl (C=O) groups is 1. The Kier molecular flexibility index (Phi) is 5.63. The van der Waals surface area contributed by atoms with Gasteiger partial charge in [0.25, 0.3) is 0 Å². The molecule has 0 aliphatic carbocycles. The highest BCUT2D eigenvalue weighted by atomic mass is 19.1. The van der Waals surface area contributed by atoms with Crippen molar-refractivity contribution in [3.8, 4) is 0 Å². The van der Waals surface area contributed by atoms with Gasteiger partial charge in [0.05, 0.1) is 0 Å². The van der Waals surface area contributed by atoms with Gasteiger partial charge in [-0.1, -0.05) is 12.1 Å².